The molecule has 0 heterocycles. The summed E-state index contributed by atoms with van der Waals surface area (Å²) in [6, 6.07) is 3.89. The molecule has 2 unspecified atom stereocenters. The van der Waals surface area contributed by atoms with Crippen LogP contribution in [0.15, 0.2) is 18.2 Å². The number of aliphatic hydroxyl groups is 1. The normalized spacial score (nSPS) is 13.4. The van der Waals surface area contributed by atoms with E-state index in [0.717, 1.165) is 0 Å². The van der Waals surface area contributed by atoms with Crippen LogP contribution in [-0.4, -0.2) is 35.7 Å². The van der Waals surface area contributed by atoms with Crippen LogP contribution in [0.5, 0.6) is 5.75 Å². The smallest absolute Gasteiger partial charge is 0.311 e. The van der Waals surface area contributed by atoms with Crippen LogP contribution in [0.3, 0.4) is 0 Å². The monoisotopic (exact) mass is 282 g/mol. The molecule has 0 aliphatic heterocycles. The molecule has 0 aromatic heterocycles. The van der Waals surface area contributed by atoms with Crippen LogP contribution in [0, 0.1) is 16.0 Å². The molecule has 7 nitrogen and oxygen atoms in total. The van der Waals surface area contributed by atoms with Crippen molar-refractivity contribution in [3.63, 3.8) is 0 Å². The molecular formula is C13H18N2O5. The van der Waals surface area contributed by atoms with Crippen molar-refractivity contribution in [2.45, 2.75) is 19.9 Å². The Bertz CT molecular complexity index is 504. The summed E-state index contributed by atoms with van der Waals surface area (Å²) in [6.45, 7) is 3.48. The van der Waals surface area contributed by atoms with Crippen LogP contribution >= 0.6 is 0 Å². The highest BCUT2D eigenvalue weighted by Gasteiger charge is 2.24. The van der Waals surface area contributed by atoms with Gasteiger partial charge in [0.2, 0.25) is 5.75 Å². The highest BCUT2D eigenvalue weighted by molar-refractivity contribution is 5.98. The van der Waals surface area contributed by atoms with Gasteiger partial charge in [-0.3, -0.25) is 14.9 Å². The van der Waals surface area contributed by atoms with Gasteiger partial charge in [-0.2, -0.15) is 0 Å². The SMILES string of the molecule is COc1c(C(=O)NC(C)C(C)CO)cccc1[N+](=O)[O-]. The third-order valence-corrected chi connectivity index (χ3v) is 3.14. The van der Waals surface area contributed by atoms with Gasteiger partial charge in [0.25, 0.3) is 5.91 Å². The number of rotatable bonds is 6. The fraction of sp³-hybridized carbons (Fsp3) is 0.462. The highest BCUT2D eigenvalue weighted by atomic mass is 16.6. The maximum absolute atomic E-state index is 12.1. The van der Waals surface area contributed by atoms with Crippen molar-refractivity contribution < 1.29 is 19.6 Å². The lowest BCUT2D eigenvalue weighted by Crippen LogP contribution is -2.38. The van der Waals surface area contributed by atoms with E-state index in [4.69, 9.17) is 9.84 Å². The first kappa shape index (κ1) is 15.9. The maximum atomic E-state index is 12.1. The van der Waals surface area contributed by atoms with Gasteiger partial charge in [-0.25, -0.2) is 0 Å². The minimum absolute atomic E-state index is 0.0620. The third-order valence-electron chi connectivity index (χ3n) is 3.14. The fourth-order valence-electron chi connectivity index (χ4n) is 1.65. The van der Waals surface area contributed by atoms with Gasteiger partial charge in [0, 0.05) is 18.7 Å². The summed E-state index contributed by atoms with van der Waals surface area (Å²) in [7, 11) is 1.28. The summed E-state index contributed by atoms with van der Waals surface area (Å²) in [5, 5.41) is 22.6. The number of amides is 1. The van der Waals surface area contributed by atoms with Crippen LogP contribution < -0.4 is 10.1 Å². The Morgan fingerprint density at radius 1 is 1.50 bits per heavy atom. The number of ether oxygens (including phenoxy) is 1. The number of nitrogens with zero attached hydrogens (tertiary/aromatic N) is 1. The molecule has 1 amide bonds. The first-order valence-corrected chi connectivity index (χ1v) is 6.15. The minimum Gasteiger partial charge on any atom is -0.490 e. The molecule has 0 spiro atoms. The van der Waals surface area contributed by atoms with Crippen molar-refractivity contribution in [1.82, 2.24) is 5.32 Å². The van der Waals surface area contributed by atoms with Crippen LogP contribution in [-0.2, 0) is 0 Å². The Balaban J connectivity index is 3.04. The number of nitrogens with one attached hydrogen (secondary N) is 1. The Morgan fingerprint density at radius 2 is 2.15 bits per heavy atom. The minimum atomic E-state index is -0.602. The number of aliphatic hydroxyl groups excluding tert-OH is 1. The molecule has 110 valence electrons. The Hall–Kier alpha value is -2.15. The summed E-state index contributed by atoms with van der Waals surface area (Å²) >= 11 is 0. The zero-order valence-electron chi connectivity index (χ0n) is 11.6. The van der Waals surface area contributed by atoms with Gasteiger partial charge in [0.15, 0.2) is 0 Å². The average molecular weight is 282 g/mol. The van der Waals surface area contributed by atoms with Gasteiger partial charge < -0.3 is 15.2 Å². The van der Waals surface area contributed by atoms with E-state index in [2.05, 4.69) is 5.32 Å². The quantitative estimate of drug-likeness (QED) is 0.605. The molecular weight excluding hydrogens is 264 g/mol. The van der Waals surface area contributed by atoms with E-state index < -0.39 is 10.8 Å². The number of hydrogen-bond acceptors (Lipinski definition) is 5. The molecule has 2 atom stereocenters. The number of nitro groups is 1. The van der Waals surface area contributed by atoms with E-state index in [1.165, 1.54) is 25.3 Å². The standard InChI is InChI=1S/C13H18N2O5/c1-8(7-16)9(2)14-13(17)10-5-4-6-11(15(18)19)12(10)20-3/h4-6,8-9,16H,7H2,1-3H3,(H,14,17). The number of hydrogen-bond donors (Lipinski definition) is 2. The van der Waals surface area contributed by atoms with Crippen molar-refractivity contribution in [2.24, 2.45) is 5.92 Å². The highest BCUT2D eigenvalue weighted by Crippen LogP contribution is 2.30. The van der Waals surface area contributed by atoms with Crippen LogP contribution in [0.1, 0.15) is 24.2 Å². The number of para-hydroxylation sites is 1. The average Bonchev–Trinajstić information content (AvgIpc) is 2.44. The van der Waals surface area contributed by atoms with Gasteiger partial charge in [0.1, 0.15) is 0 Å². The van der Waals surface area contributed by atoms with Crippen molar-refractivity contribution in [1.29, 1.82) is 0 Å². The molecule has 0 aliphatic carbocycles. The molecule has 1 aromatic rings. The largest absolute Gasteiger partial charge is 0.490 e. The molecule has 0 saturated carbocycles. The molecule has 0 fully saturated rings. The summed E-state index contributed by atoms with van der Waals surface area (Å²) in [5.41, 5.74) is -0.165. The second-order valence-electron chi connectivity index (χ2n) is 4.54. The zero-order chi connectivity index (χ0) is 15.3. The molecule has 2 N–H and O–H groups in total. The number of nitro benzene ring substituents is 1. The molecule has 1 rings (SSSR count). The lowest BCUT2D eigenvalue weighted by atomic mass is 10.0. The molecule has 7 heteroatoms. The predicted octanol–water partition coefficient (Wildman–Crippen LogP) is 1.35. The van der Waals surface area contributed by atoms with E-state index in [1.54, 1.807) is 13.8 Å². The number of carbonyl (C=O) groups is 1. The Morgan fingerprint density at radius 3 is 2.65 bits per heavy atom. The number of methoxy groups -OCH3 is 1. The van der Waals surface area contributed by atoms with E-state index in [-0.39, 0.29) is 35.6 Å². The van der Waals surface area contributed by atoms with Gasteiger partial charge in [-0.05, 0) is 18.9 Å². The fourth-order valence-corrected chi connectivity index (χ4v) is 1.65. The topological polar surface area (TPSA) is 102 Å². The molecule has 0 saturated heterocycles. The summed E-state index contributed by atoms with van der Waals surface area (Å²) in [4.78, 5) is 22.4. The summed E-state index contributed by atoms with van der Waals surface area (Å²) in [6.07, 6.45) is 0. The zero-order valence-corrected chi connectivity index (χ0v) is 11.6. The molecule has 0 radical (unpaired) electrons. The number of carbonyl (C=O) groups excluding carboxylic acids is 1. The van der Waals surface area contributed by atoms with Crippen molar-refractivity contribution in [3.8, 4) is 5.75 Å². The predicted molar refractivity (Wildman–Crippen MR) is 72.8 cm³/mol. The second-order valence-corrected chi connectivity index (χ2v) is 4.54. The van der Waals surface area contributed by atoms with E-state index in [1.807, 2.05) is 0 Å². The lowest BCUT2D eigenvalue weighted by Gasteiger charge is -2.19. The second kappa shape index (κ2) is 6.85. The van der Waals surface area contributed by atoms with Gasteiger partial charge >= 0.3 is 5.69 Å². The van der Waals surface area contributed by atoms with Crippen molar-refractivity contribution >= 4 is 11.6 Å². The first-order valence-electron chi connectivity index (χ1n) is 6.15. The van der Waals surface area contributed by atoms with Crippen LogP contribution in [0.25, 0.3) is 0 Å². The van der Waals surface area contributed by atoms with Crippen molar-refractivity contribution in [3.05, 3.63) is 33.9 Å². The van der Waals surface area contributed by atoms with Gasteiger partial charge in [-0.1, -0.05) is 13.0 Å². The van der Waals surface area contributed by atoms with E-state index in [0.29, 0.717) is 0 Å². The number of benzene rings is 1. The van der Waals surface area contributed by atoms with Crippen LogP contribution in [0.2, 0.25) is 0 Å². The third kappa shape index (κ3) is 3.45. The maximum Gasteiger partial charge on any atom is 0.311 e. The lowest BCUT2D eigenvalue weighted by molar-refractivity contribution is -0.385. The Kier molecular flexibility index (Phi) is 5.45. The molecule has 0 aliphatic rings. The van der Waals surface area contributed by atoms with E-state index >= 15 is 0 Å². The summed E-state index contributed by atoms with van der Waals surface area (Å²) in [5.74, 6) is -0.666. The summed E-state index contributed by atoms with van der Waals surface area (Å²) < 4.78 is 4.98. The first-order chi connectivity index (χ1) is 9.42. The molecule has 1 aromatic carbocycles. The van der Waals surface area contributed by atoms with E-state index in [9.17, 15) is 14.9 Å². The van der Waals surface area contributed by atoms with Crippen molar-refractivity contribution in [2.75, 3.05) is 13.7 Å². The Labute approximate surface area is 116 Å². The van der Waals surface area contributed by atoms with Gasteiger partial charge in [-0.15, -0.1) is 0 Å². The van der Waals surface area contributed by atoms with Gasteiger partial charge in [0.05, 0.1) is 17.6 Å². The molecule has 20 heavy (non-hydrogen) atoms. The molecule has 0 bridgehead atoms. The van der Waals surface area contributed by atoms with Crippen LogP contribution in [0.4, 0.5) is 5.69 Å².